The highest BCUT2D eigenvalue weighted by Gasteiger charge is 2.09. The predicted molar refractivity (Wildman–Crippen MR) is 77.2 cm³/mol. The summed E-state index contributed by atoms with van der Waals surface area (Å²) in [6.07, 6.45) is -0.0944. The molecule has 0 unspecified atom stereocenters. The lowest BCUT2D eigenvalue weighted by Gasteiger charge is -2.13. The highest BCUT2D eigenvalue weighted by atomic mass is 35.5. The van der Waals surface area contributed by atoms with Crippen molar-refractivity contribution in [1.82, 2.24) is 0 Å². The topological polar surface area (TPSA) is 49.3 Å². The minimum Gasteiger partial charge on any atom is -0.481 e. The molecule has 2 rings (SSSR count). The van der Waals surface area contributed by atoms with E-state index < -0.39 is 11.8 Å². The zero-order chi connectivity index (χ0) is 14.7. The van der Waals surface area contributed by atoms with E-state index in [2.05, 4.69) is 5.32 Å². The number of aryl methyl sites for hydroxylation is 1. The molecule has 0 aliphatic heterocycles. The number of carbonyl (C=O) groups is 1. The van der Waals surface area contributed by atoms with Crippen molar-refractivity contribution in [3.63, 3.8) is 0 Å². The first kappa shape index (κ1) is 14.3. The van der Waals surface area contributed by atoms with Crippen molar-refractivity contribution in [1.29, 1.82) is 0 Å². The summed E-state index contributed by atoms with van der Waals surface area (Å²) >= 11 is 5.95. The van der Waals surface area contributed by atoms with Crippen LogP contribution in [0.2, 0.25) is 5.02 Å². The van der Waals surface area contributed by atoms with Crippen molar-refractivity contribution >= 4 is 28.9 Å². The van der Waals surface area contributed by atoms with Gasteiger partial charge in [0.15, 0.2) is 0 Å². The van der Waals surface area contributed by atoms with Gasteiger partial charge in [-0.05, 0) is 36.8 Å². The molecule has 0 radical (unpaired) electrons. The third kappa shape index (κ3) is 3.48. The lowest BCUT2D eigenvalue weighted by molar-refractivity contribution is -0.136. The molecular weight excluding hydrogens is 281 g/mol. The first-order valence-corrected chi connectivity index (χ1v) is 6.37. The Bertz CT molecular complexity index is 658. The smallest absolute Gasteiger partial charge is 0.307 e. The first-order valence-electron chi connectivity index (χ1n) is 5.99. The van der Waals surface area contributed by atoms with Crippen LogP contribution in [-0.4, -0.2) is 11.1 Å². The minimum atomic E-state index is -0.913. The Morgan fingerprint density at radius 2 is 1.95 bits per heavy atom. The van der Waals surface area contributed by atoms with Gasteiger partial charge in [-0.2, -0.15) is 0 Å². The fraction of sp³-hybridized carbons (Fsp3) is 0.133. The molecule has 5 heteroatoms. The summed E-state index contributed by atoms with van der Waals surface area (Å²) in [6, 6.07) is 9.46. The van der Waals surface area contributed by atoms with E-state index in [1.807, 2.05) is 13.0 Å². The number of nitrogens with one attached hydrogen (secondary N) is 1. The third-order valence-corrected chi connectivity index (χ3v) is 3.12. The SMILES string of the molecule is Cc1ccc(Nc2ccc(F)cc2Cl)c(CC(=O)O)c1. The van der Waals surface area contributed by atoms with E-state index in [-0.39, 0.29) is 11.4 Å². The molecule has 0 spiro atoms. The van der Waals surface area contributed by atoms with Crippen molar-refractivity contribution < 1.29 is 14.3 Å². The van der Waals surface area contributed by atoms with E-state index >= 15 is 0 Å². The molecule has 0 saturated carbocycles. The Balaban J connectivity index is 2.35. The van der Waals surface area contributed by atoms with Gasteiger partial charge in [0.25, 0.3) is 0 Å². The van der Waals surface area contributed by atoms with E-state index in [1.165, 1.54) is 18.2 Å². The van der Waals surface area contributed by atoms with Gasteiger partial charge in [0.05, 0.1) is 17.1 Å². The molecule has 20 heavy (non-hydrogen) atoms. The lowest BCUT2D eigenvalue weighted by atomic mass is 10.1. The van der Waals surface area contributed by atoms with E-state index in [9.17, 15) is 9.18 Å². The van der Waals surface area contributed by atoms with Gasteiger partial charge >= 0.3 is 5.97 Å². The summed E-state index contributed by atoms with van der Waals surface area (Å²) in [7, 11) is 0. The number of carboxylic acids is 1. The third-order valence-electron chi connectivity index (χ3n) is 2.80. The fourth-order valence-corrected chi connectivity index (χ4v) is 2.10. The largest absolute Gasteiger partial charge is 0.481 e. The second kappa shape index (κ2) is 5.92. The van der Waals surface area contributed by atoms with Gasteiger partial charge in [-0.15, -0.1) is 0 Å². The van der Waals surface area contributed by atoms with E-state index in [4.69, 9.17) is 16.7 Å². The molecule has 2 aromatic rings. The van der Waals surface area contributed by atoms with Gasteiger partial charge in [-0.25, -0.2) is 4.39 Å². The van der Waals surface area contributed by atoms with Crippen molar-refractivity contribution in [2.75, 3.05) is 5.32 Å². The van der Waals surface area contributed by atoms with Crippen LogP contribution in [-0.2, 0) is 11.2 Å². The van der Waals surface area contributed by atoms with Crippen molar-refractivity contribution in [3.05, 3.63) is 58.4 Å². The highest BCUT2D eigenvalue weighted by Crippen LogP contribution is 2.28. The van der Waals surface area contributed by atoms with E-state index in [1.54, 1.807) is 12.1 Å². The molecule has 2 N–H and O–H groups in total. The number of halogens is 2. The molecule has 0 aliphatic carbocycles. The zero-order valence-electron chi connectivity index (χ0n) is 10.8. The molecule has 0 bridgehead atoms. The number of hydrogen-bond donors (Lipinski definition) is 2. The average molecular weight is 294 g/mol. The number of aliphatic carboxylic acids is 1. The number of carboxylic acid groups (broad SMARTS) is 1. The van der Waals surface area contributed by atoms with Crippen molar-refractivity contribution in [2.45, 2.75) is 13.3 Å². The van der Waals surface area contributed by atoms with Crippen LogP contribution in [0.5, 0.6) is 0 Å². The van der Waals surface area contributed by atoms with Gasteiger partial charge in [0, 0.05) is 5.69 Å². The van der Waals surface area contributed by atoms with E-state index in [0.717, 1.165) is 5.56 Å². The molecule has 0 heterocycles. The molecule has 104 valence electrons. The Morgan fingerprint density at radius 3 is 2.60 bits per heavy atom. The van der Waals surface area contributed by atoms with Crippen molar-refractivity contribution in [2.24, 2.45) is 0 Å². The average Bonchev–Trinajstić information content (AvgIpc) is 2.34. The quantitative estimate of drug-likeness (QED) is 0.890. The molecular formula is C15H13ClFNO2. The molecule has 3 nitrogen and oxygen atoms in total. The van der Waals surface area contributed by atoms with Crippen LogP contribution in [0.3, 0.4) is 0 Å². The molecule has 0 saturated heterocycles. The van der Waals surface area contributed by atoms with Gasteiger partial charge in [0.1, 0.15) is 5.82 Å². The lowest BCUT2D eigenvalue weighted by Crippen LogP contribution is -2.04. The van der Waals surface area contributed by atoms with Gasteiger partial charge < -0.3 is 10.4 Å². The highest BCUT2D eigenvalue weighted by molar-refractivity contribution is 6.33. The molecule has 0 aliphatic rings. The summed E-state index contributed by atoms with van der Waals surface area (Å²) in [5.41, 5.74) is 2.80. The van der Waals surface area contributed by atoms with Gasteiger partial charge in [0.2, 0.25) is 0 Å². The van der Waals surface area contributed by atoms with Crippen LogP contribution < -0.4 is 5.32 Å². The van der Waals surface area contributed by atoms with Gasteiger partial charge in [-0.1, -0.05) is 29.3 Å². The second-order valence-corrected chi connectivity index (χ2v) is 4.89. The Kier molecular flexibility index (Phi) is 4.25. The maximum atomic E-state index is 13.0. The Morgan fingerprint density at radius 1 is 1.25 bits per heavy atom. The standard InChI is InChI=1S/C15H13ClFNO2/c1-9-2-4-13(10(6-9)7-15(19)20)18-14-5-3-11(17)8-12(14)16/h2-6,8,18H,7H2,1H3,(H,19,20). The number of benzene rings is 2. The monoisotopic (exact) mass is 293 g/mol. The summed E-state index contributed by atoms with van der Waals surface area (Å²) < 4.78 is 13.0. The first-order chi connectivity index (χ1) is 9.45. The Hall–Kier alpha value is -2.07. The van der Waals surface area contributed by atoms with Crippen LogP contribution in [0, 0.1) is 12.7 Å². The number of hydrogen-bond acceptors (Lipinski definition) is 2. The number of anilines is 2. The van der Waals surface area contributed by atoms with Crippen LogP contribution in [0.15, 0.2) is 36.4 Å². The van der Waals surface area contributed by atoms with Crippen LogP contribution >= 0.6 is 11.6 Å². The maximum Gasteiger partial charge on any atom is 0.307 e. The summed E-state index contributed by atoms with van der Waals surface area (Å²) in [6.45, 7) is 1.89. The van der Waals surface area contributed by atoms with Crippen LogP contribution in [0.25, 0.3) is 0 Å². The van der Waals surface area contributed by atoms with Crippen molar-refractivity contribution in [3.8, 4) is 0 Å². The minimum absolute atomic E-state index is 0.0944. The second-order valence-electron chi connectivity index (χ2n) is 4.48. The van der Waals surface area contributed by atoms with Crippen LogP contribution in [0.1, 0.15) is 11.1 Å². The van der Waals surface area contributed by atoms with Gasteiger partial charge in [-0.3, -0.25) is 4.79 Å². The molecule has 2 aromatic carbocycles. The summed E-state index contributed by atoms with van der Waals surface area (Å²) in [5, 5.41) is 12.2. The summed E-state index contributed by atoms with van der Waals surface area (Å²) in [5.74, 6) is -1.33. The normalized spacial score (nSPS) is 10.3. The zero-order valence-corrected chi connectivity index (χ0v) is 11.5. The van der Waals surface area contributed by atoms with E-state index in [0.29, 0.717) is 16.9 Å². The summed E-state index contributed by atoms with van der Waals surface area (Å²) in [4.78, 5) is 10.9. The molecule has 0 atom stereocenters. The number of rotatable bonds is 4. The van der Waals surface area contributed by atoms with Crippen LogP contribution in [0.4, 0.5) is 15.8 Å². The fourth-order valence-electron chi connectivity index (χ4n) is 1.89. The maximum absolute atomic E-state index is 13.0. The molecule has 0 fully saturated rings. The predicted octanol–water partition coefficient (Wildman–Crippen LogP) is 4.16. The molecule has 0 amide bonds. The Labute approximate surface area is 121 Å². The molecule has 0 aromatic heterocycles.